The topological polar surface area (TPSA) is 59.6 Å². The van der Waals surface area contributed by atoms with Crippen LogP contribution in [0.2, 0.25) is 0 Å². The molecular weight excluding hydrogens is 340 g/mol. The lowest BCUT2D eigenvalue weighted by Gasteiger charge is -2.22. The molecule has 5 nitrogen and oxygen atoms in total. The number of amides is 1. The molecule has 2 aromatic carbocycles. The normalized spacial score (nSPS) is 16.6. The lowest BCUT2D eigenvalue weighted by Crippen LogP contribution is -2.33. The molecule has 2 aromatic rings. The summed E-state index contributed by atoms with van der Waals surface area (Å²) in [6.45, 7) is 5.31. The molecule has 1 atom stereocenters. The van der Waals surface area contributed by atoms with Crippen molar-refractivity contribution in [1.29, 1.82) is 0 Å². The number of carbonyl (C=O) groups excluding carboxylic acids is 1. The van der Waals surface area contributed by atoms with Crippen molar-refractivity contribution in [2.75, 3.05) is 26.2 Å². The van der Waals surface area contributed by atoms with Crippen LogP contribution in [0.15, 0.2) is 48.5 Å². The standard InChI is InChI=1S/C22H28N2O3/c1-2-26-20-11-5-6-12-21(20)27-19-10-4-3-9-18(19)22(25)24-15-13-17-8-7-14-23-16-17/h3-6,9-12,17,23H,2,7-8,13-16H2,1H3,(H,24,25). The maximum Gasteiger partial charge on any atom is 0.255 e. The van der Waals surface area contributed by atoms with Crippen LogP contribution in [-0.4, -0.2) is 32.1 Å². The molecule has 27 heavy (non-hydrogen) atoms. The number of rotatable bonds is 8. The monoisotopic (exact) mass is 368 g/mol. The zero-order valence-electron chi connectivity index (χ0n) is 15.9. The minimum absolute atomic E-state index is 0.108. The van der Waals surface area contributed by atoms with E-state index in [0.717, 1.165) is 19.5 Å². The van der Waals surface area contributed by atoms with E-state index in [4.69, 9.17) is 9.47 Å². The molecule has 0 aliphatic carbocycles. The molecular formula is C22H28N2O3. The fraction of sp³-hybridized carbons (Fsp3) is 0.409. The summed E-state index contributed by atoms with van der Waals surface area (Å²) in [5.41, 5.74) is 0.533. The summed E-state index contributed by atoms with van der Waals surface area (Å²) in [6.07, 6.45) is 3.44. The van der Waals surface area contributed by atoms with E-state index in [9.17, 15) is 4.79 Å². The summed E-state index contributed by atoms with van der Waals surface area (Å²) in [7, 11) is 0. The van der Waals surface area contributed by atoms with E-state index in [1.54, 1.807) is 6.07 Å². The minimum atomic E-state index is -0.108. The zero-order valence-corrected chi connectivity index (χ0v) is 15.9. The molecule has 5 heteroatoms. The van der Waals surface area contributed by atoms with Gasteiger partial charge in [-0.25, -0.2) is 0 Å². The molecule has 1 heterocycles. The smallest absolute Gasteiger partial charge is 0.255 e. The molecule has 0 saturated carbocycles. The average Bonchev–Trinajstić information content (AvgIpc) is 2.71. The summed E-state index contributed by atoms with van der Waals surface area (Å²) >= 11 is 0. The Morgan fingerprint density at radius 2 is 1.85 bits per heavy atom. The predicted molar refractivity (Wildman–Crippen MR) is 107 cm³/mol. The van der Waals surface area contributed by atoms with Gasteiger partial charge in [-0.3, -0.25) is 4.79 Å². The number of benzene rings is 2. The number of piperidine rings is 1. The van der Waals surface area contributed by atoms with Gasteiger partial charge in [-0.15, -0.1) is 0 Å². The van der Waals surface area contributed by atoms with Crippen molar-refractivity contribution in [2.45, 2.75) is 26.2 Å². The Bertz CT molecular complexity index is 742. The van der Waals surface area contributed by atoms with Crippen LogP contribution < -0.4 is 20.1 Å². The van der Waals surface area contributed by atoms with Gasteiger partial charge in [-0.05, 0) is 69.5 Å². The van der Waals surface area contributed by atoms with Gasteiger partial charge in [-0.2, -0.15) is 0 Å². The Balaban J connectivity index is 1.64. The van der Waals surface area contributed by atoms with Gasteiger partial charge in [-0.1, -0.05) is 24.3 Å². The van der Waals surface area contributed by atoms with E-state index < -0.39 is 0 Å². The fourth-order valence-corrected chi connectivity index (χ4v) is 3.33. The van der Waals surface area contributed by atoms with Crippen LogP contribution >= 0.6 is 0 Å². The highest BCUT2D eigenvalue weighted by molar-refractivity contribution is 5.97. The SMILES string of the molecule is CCOc1ccccc1Oc1ccccc1C(=O)NCCC1CCCNC1. The van der Waals surface area contributed by atoms with Gasteiger partial charge >= 0.3 is 0 Å². The summed E-state index contributed by atoms with van der Waals surface area (Å²) in [4.78, 5) is 12.7. The van der Waals surface area contributed by atoms with Gasteiger partial charge in [0.15, 0.2) is 11.5 Å². The lowest BCUT2D eigenvalue weighted by molar-refractivity contribution is 0.0948. The van der Waals surface area contributed by atoms with Crippen molar-refractivity contribution in [3.05, 3.63) is 54.1 Å². The molecule has 1 aliphatic rings. The Morgan fingerprint density at radius 3 is 2.59 bits per heavy atom. The Labute approximate surface area is 161 Å². The van der Waals surface area contributed by atoms with Gasteiger partial charge in [0.25, 0.3) is 5.91 Å². The number of nitrogens with one attached hydrogen (secondary N) is 2. The molecule has 3 rings (SSSR count). The van der Waals surface area contributed by atoms with Gasteiger partial charge in [0.05, 0.1) is 12.2 Å². The molecule has 0 bridgehead atoms. The summed E-state index contributed by atoms with van der Waals surface area (Å²) in [5, 5.41) is 6.45. The van der Waals surface area contributed by atoms with Crippen molar-refractivity contribution in [1.82, 2.24) is 10.6 Å². The third kappa shape index (κ3) is 5.47. The summed E-state index contributed by atoms with van der Waals surface area (Å²) in [6, 6.07) is 14.8. The second-order valence-corrected chi connectivity index (χ2v) is 6.73. The molecule has 1 aliphatic heterocycles. The third-order valence-corrected chi connectivity index (χ3v) is 4.74. The average molecular weight is 368 g/mol. The second-order valence-electron chi connectivity index (χ2n) is 6.73. The van der Waals surface area contributed by atoms with Crippen LogP contribution in [0.5, 0.6) is 17.2 Å². The van der Waals surface area contributed by atoms with Gasteiger partial charge in [0, 0.05) is 6.54 Å². The van der Waals surface area contributed by atoms with E-state index in [1.807, 2.05) is 49.4 Å². The van der Waals surface area contributed by atoms with Crippen LogP contribution in [-0.2, 0) is 0 Å². The molecule has 2 N–H and O–H groups in total. The van der Waals surface area contributed by atoms with Crippen LogP contribution in [0.3, 0.4) is 0 Å². The van der Waals surface area contributed by atoms with Crippen molar-refractivity contribution in [3.63, 3.8) is 0 Å². The first kappa shape index (κ1) is 19.2. The quantitative estimate of drug-likeness (QED) is 0.739. The molecule has 0 aromatic heterocycles. The van der Waals surface area contributed by atoms with E-state index in [2.05, 4.69) is 10.6 Å². The first-order valence-corrected chi connectivity index (χ1v) is 9.75. The third-order valence-electron chi connectivity index (χ3n) is 4.74. The summed E-state index contributed by atoms with van der Waals surface area (Å²) in [5.74, 6) is 2.33. The van der Waals surface area contributed by atoms with Gasteiger partial charge in [0.1, 0.15) is 5.75 Å². The molecule has 1 saturated heterocycles. The van der Waals surface area contributed by atoms with Gasteiger partial charge in [0.2, 0.25) is 0 Å². The number of hydrogen-bond acceptors (Lipinski definition) is 4. The van der Waals surface area contributed by atoms with Crippen LogP contribution in [0.4, 0.5) is 0 Å². The van der Waals surface area contributed by atoms with Crippen molar-refractivity contribution < 1.29 is 14.3 Å². The Hall–Kier alpha value is -2.53. The summed E-state index contributed by atoms with van der Waals surface area (Å²) < 4.78 is 11.6. The Kier molecular flexibility index (Phi) is 7.11. The molecule has 1 unspecified atom stereocenters. The van der Waals surface area contributed by atoms with E-state index in [0.29, 0.717) is 41.9 Å². The van der Waals surface area contributed by atoms with E-state index >= 15 is 0 Å². The highest BCUT2D eigenvalue weighted by atomic mass is 16.5. The second kappa shape index (κ2) is 9.97. The van der Waals surface area contributed by atoms with Gasteiger partial charge < -0.3 is 20.1 Å². The van der Waals surface area contributed by atoms with Crippen LogP contribution in [0, 0.1) is 5.92 Å². The maximum absolute atomic E-state index is 12.7. The molecule has 0 radical (unpaired) electrons. The molecule has 1 fully saturated rings. The van der Waals surface area contributed by atoms with E-state index in [1.165, 1.54) is 12.8 Å². The Morgan fingerprint density at radius 1 is 1.11 bits per heavy atom. The van der Waals surface area contributed by atoms with Crippen LogP contribution in [0.25, 0.3) is 0 Å². The van der Waals surface area contributed by atoms with Crippen molar-refractivity contribution >= 4 is 5.91 Å². The first-order chi connectivity index (χ1) is 13.3. The first-order valence-electron chi connectivity index (χ1n) is 9.75. The zero-order chi connectivity index (χ0) is 18.9. The molecule has 1 amide bonds. The number of hydrogen-bond donors (Lipinski definition) is 2. The van der Waals surface area contributed by atoms with Crippen molar-refractivity contribution in [2.24, 2.45) is 5.92 Å². The highest BCUT2D eigenvalue weighted by Gasteiger charge is 2.16. The predicted octanol–water partition coefficient (Wildman–Crippen LogP) is 4.00. The maximum atomic E-state index is 12.7. The van der Waals surface area contributed by atoms with Crippen LogP contribution in [0.1, 0.15) is 36.5 Å². The molecule has 0 spiro atoms. The minimum Gasteiger partial charge on any atom is -0.490 e. The fourth-order valence-electron chi connectivity index (χ4n) is 3.33. The number of para-hydroxylation sites is 3. The van der Waals surface area contributed by atoms with Crippen molar-refractivity contribution in [3.8, 4) is 17.2 Å². The number of ether oxygens (including phenoxy) is 2. The van der Waals surface area contributed by atoms with E-state index in [-0.39, 0.29) is 5.91 Å². The lowest BCUT2D eigenvalue weighted by atomic mass is 9.96. The highest BCUT2D eigenvalue weighted by Crippen LogP contribution is 2.32. The number of carbonyl (C=O) groups is 1. The molecule has 144 valence electrons. The largest absolute Gasteiger partial charge is 0.490 e.